The summed E-state index contributed by atoms with van der Waals surface area (Å²) in [7, 11) is 2.77. The topological polar surface area (TPSA) is 95.3 Å². The summed E-state index contributed by atoms with van der Waals surface area (Å²) in [4.78, 5) is 39.1. The summed E-state index contributed by atoms with van der Waals surface area (Å²) >= 11 is 6.00. The third-order valence-corrected chi connectivity index (χ3v) is 5.45. The molecule has 1 aromatic carbocycles. The number of benzene rings is 1. The van der Waals surface area contributed by atoms with Crippen molar-refractivity contribution in [2.75, 3.05) is 27.4 Å². The minimum Gasteiger partial charge on any atom is -0.463 e. The highest BCUT2D eigenvalue weighted by molar-refractivity contribution is 6.30. The lowest BCUT2D eigenvalue weighted by Crippen LogP contribution is -2.38. The van der Waals surface area contributed by atoms with Crippen LogP contribution in [0, 0.1) is 0 Å². The van der Waals surface area contributed by atoms with Gasteiger partial charge in [0.15, 0.2) is 0 Å². The number of carbonyl (C=O) groups excluding carboxylic acids is 3. The maximum Gasteiger partial charge on any atom is 0.373 e. The second kappa shape index (κ2) is 10.5. The van der Waals surface area contributed by atoms with Crippen LogP contribution in [0.5, 0.6) is 0 Å². The van der Waals surface area contributed by atoms with Crippen LogP contribution in [0.4, 0.5) is 0 Å². The lowest BCUT2D eigenvalue weighted by molar-refractivity contribution is -0.141. The van der Waals surface area contributed by atoms with Crippen molar-refractivity contribution in [3.63, 3.8) is 0 Å². The van der Waals surface area contributed by atoms with Crippen LogP contribution in [0.3, 0.4) is 0 Å². The highest BCUT2D eigenvalue weighted by Crippen LogP contribution is 2.38. The second-order valence-corrected chi connectivity index (χ2v) is 7.61. The number of rotatable bonds is 8. The minimum absolute atomic E-state index is 0.0341. The van der Waals surface area contributed by atoms with Crippen molar-refractivity contribution in [3.8, 4) is 0 Å². The van der Waals surface area contributed by atoms with E-state index in [9.17, 15) is 14.4 Å². The molecule has 0 N–H and O–H groups in total. The van der Waals surface area contributed by atoms with Crippen molar-refractivity contribution in [1.29, 1.82) is 0 Å². The van der Waals surface area contributed by atoms with E-state index >= 15 is 0 Å². The molecule has 1 aliphatic heterocycles. The average Bonchev–Trinajstić information content (AvgIpc) is 3.25. The van der Waals surface area contributed by atoms with Crippen LogP contribution in [0.25, 0.3) is 0 Å². The first-order valence-electron chi connectivity index (χ1n) is 9.95. The summed E-state index contributed by atoms with van der Waals surface area (Å²) < 4.78 is 20.5. The van der Waals surface area contributed by atoms with Gasteiger partial charge in [-0.2, -0.15) is 0 Å². The van der Waals surface area contributed by atoms with Crippen molar-refractivity contribution in [2.24, 2.45) is 0 Å². The van der Waals surface area contributed by atoms with E-state index in [0.717, 1.165) is 5.56 Å². The Labute approximate surface area is 190 Å². The van der Waals surface area contributed by atoms with Crippen molar-refractivity contribution in [1.82, 2.24) is 4.90 Å². The van der Waals surface area contributed by atoms with E-state index in [0.29, 0.717) is 22.1 Å². The van der Waals surface area contributed by atoms with Gasteiger partial charge in [-0.05, 0) is 36.8 Å². The summed E-state index contributed by atoms with van der Waals surface area (Å²) in [5.74, 6) is -1.38. The fourth-order valence-corrected chi connectivity index (χ4v) is 3.70. The van der Waals surface area contributed by atoms with E-state index < -0.39 is 17.9 Å². The Hall–Kier alpha value is -3.10. The Morgan fingerprint density at radius 3 is 2.47 bits per heavy atom. The van der Waals surface area contributed by atoms with Gasteiger partial charge < -0.3 is 23.5 Å². The molecule has 32 heavy (non-hydrogen) atoms. The number of hydrogen-bond donors (Lipinski definition) is 0. The van der Waals surface area contributed by atoms with Gasteiger partial charge in [0.25, 0.3) is 0 Å². The van der Waals surface area contributed by atoms with Crippen molar-refractivity contribution in [2.45, 2.75) is 25.8 Å². The summed E-state index contributed by atoms with van der Waals surface area (Å²) in [5, 5.41) is 0.557. The smallest absolute Gasteiger partial charge is 0.373 e. The Morgan fingerprint density at radius 1 is 1.09 bits per heavy atom. The molecule has 9 heteroatoms. The molecule has 1 atom stereocenters. The molecular formula is C23H24ClNO7. The molecule has 1 aromatic heterocycles. The highest BCUT2D eigenvalue weighted by Gasteiger charge is 2.37. The molecule has 0 spiro atoms. The van der Waals surface area contributed by atoms with Gasteiger partial charge in [-0.1, -0.05) is 23.7 Å². The van der Waals surface area contributed by atoms with E-state index in [4.69, 9.17) is 25.5 Å². The highest BCUT2D eigenvalue weighted by atomic mass is 35.5. The van der Waals surface area contributed by atoms with Crippen LogP contribution in [0.1, 0.15) is 41.1 Å². The maximum absolute atomic E-state index is 13.0. The molecule has 0 saturated carbocycles. The van der Waals surface area contributed by atoms with E-state index in [1.807, 2.05) is 0 Å². The van der Waals surface area contributed by atoms with E-state index in [1.165, 1.54) is 25.2 Å². The molecule has 8 nitrogen and oxygen atoms in total. The van der Waals surface area contributed by atoms with Gasteiger partial charge >= 0.3 is 11.9 Å². The van der Waals surface area contributed by atoms with Gasteiger partial charge in [0.2, 0.25) is 11.7 Å². The fourth-order valence-electron chi connectivity index (χ4n) is 3.57. The first-order chi connectivity index (χ1) is 15.3. The van der Waals surface area contributed by atoms with Crippen LogP contribution >= 0.6 is 11.6 Å². The molecule has 1 aliphatic rings. The van der Waals surface area contributed by atoms with E-state index in [-0.39, 0.29) is 37.8 Å². The summed E-state index contributed by atoms with van der Waals surface area (Å²) in [5.41, 5.74) is 1.62. The zero-order valence-corrected chi connectivity index (χ0v) is 18.8. The molecule has 0 radical (unpaired) electrons. The van der Waals surface area contributed by atoms with E-state index in [1.54, 1.807) is 37.3 Å². The first-order valence-corrected chi connectivity index (χ1v) is 10.3. The molecule has 0 fully saturated rings. The van der Waals surface area contributed by atoms with Gasteiger partial charge in [0.05, 0.1) is 25.8 Å². The number of esters is 2. The zero-order valence-electron chi connectivity index (χ0n) is 18.1. The van der Waals surface area contributed by atoms with Gasteiger partial charge in [-0.15, -0.1) is 0 Å². The molecule has 0 bridgehead atoms. The molecule has 1 amide bonds. The van der Waals surface area contributed by atoms with Crippen molar-refractivity contribution >= 4 is 29.4 Å². The van der Waals surface area contributed by atoms with Crippen molar-refractivity contribution < 1.29 is 33.0 Å². The number of methoxy groups -OCH3 is 2. The van der Waals surface area contributed by atoms with Crippen LogP contribution < -0.4 is 0 Å². The summed E-state index contributed by atoms with van der Waals surface area (Å²) in [6, 6.07) is 10.1. The fraction of sp³-hybridized carbons (Fsp3) is 0.348. The lowest BCUT2D eigenvalue weighted by Gasteiger charge is -2.34. The molecule has 3 rings (SSSR count). The molecule has 0 aliphatic carbocycles. The van der Waals surface area contributed by atoms with Gasteiger partial charge in [0, 0.05) is 30.2 Å². The van der Waals surface area contributed by atoms with Crippen LogP contribution in [0.15, 0.2) is 52.1 Å². The van der Waals surface area contributed by atoms with Crippen LogP contribution in [0.2, 0.25) is 5.02 Å². The van der Waals surface area contributed by atoms with Crippen LogP contribution in [-0.2, 0) is 30.3 Å². The molecule has 2 aromatic rings. The quantitative estimate of drug-likeness (QED) is 0.437. The average molecular weight is 462 g/mol. The first kappa shape index (κ1) is 23.6. The molecular weight excluding hydrogens is 438 g/mol. The Morgan fingerprint density at radius 2 is 1.81 bits per heavy atom. The number of halogens is 1. The Bertz CT molecular complexity index is 1030. The Kier molecular flexibility index (Phi) is 7.71. The van der Waals surface area contributed by atoms with Crippen molar-refractivity contribution in [3.05, 3.63) is 69.8 Å². The number of carbonyl (C=O) groups is 3. The SMILES string of the molecule is COCCOC(=O)C1=C(C)N(Cc2ccc(C(=O)OC)o2)C(=O)CC1c1ccc(Cl)cc1. The number of hydrogen-bond acceptors (Lipinski definition) is 7. The number of nitrogens with zero attached hydrogens (tertiary/aromatic N) is 1. The van der Waals surface area contributed by atoms with Crippen LogP contribution in [-0.4, -0.2) is 50.2 Å². The van der Waals surface area contributed by atoms with Gasteiger partial charge in [0.1, 0.15) is 12.4 Å². The summed E-state index contributed by atoms with van der Waals surface area (Å²) in [6.07, 6.45) is 0.0677. The standard InChI is InChI=1S/C23H24ClNO7/c1-14-21(23(28)31-11-10-29-2)18(15-4-6-16(24)7-5-15)12-20(26)25(14)13-17-8-9-19(32-17)22(27)30-3/h4-9,18H,10-13H2,1-3H3. The number of amides is 1. The number of allylic oxidation sites excluding steroid dienone is 1. The monoisotopic (exact) mass is 461 g/mol. The number of ether oxygens (including phenoxy) is 3. The molecule has 1 unspecified atom stereocenters. The van der Waals surface area contributed by atoms with E-state index in [2.05, 4.69) is 4.74 Å². The molecule has 170 valence electrons. The largest absolute Gasteiger partial charge is 0.463 e. The molecule has 2 heterocycles. The predicted octanol–water partition coefficient (Wildman–Crippen LogP) is 3.70. The number of furan rings is 1. The second-order valence-electron chi connectivity index (χ2n) is 7.17. The minimum atomic E-state index is -0.612. The Balaban J connectivity index is 1.94. The third-order valence-electron chi connectivity index (χ3n) is 5.20. The summed E-state index contributed by atoms with van der Waals surface area (Å²) in [6.45, 7) is 2.10. The molecule has 0 saturated heterocycles. The zero-order chi connectivity index (χ0) is 23.3. The predicted molar refractivity (Wildman–Crippen MR) is 115 cm³/mol. The third kappa shape index (κ3) is 5.20. The maximum atomic E-state index is 13.0. The van der Waals surface area contributed by atoms with Gasteiger partial charge in [-0.25, -0.2) is 9.59 Å². The lowest BCUT2D eigenvalue weighted by atomic mass is 9.83. The normalized spacial score (nSPS) is 16.3. The van der Waals surface area contributed by atoms with Gasteiger partial charge in [-0.3, -0.25) is 4.79 Å².